The van der Waals surface area contributed by atoms with Crippen LogP contribution in [0.4, 0.5) is 0 Å². The highest BCUT2D eigenvalue weighted by Crippen LogP contribution is 2.24. The summed E-state index contributed by atoms with van der Waals surface area (Å²) in [5, 5.41) is 12.9. The molecular weight excluding hydrogens is 372 g/mol. The quantitative estimate of drug-likeness (QED) is 0.537. The van der Waals surface area contributed by atoms with Crippen LogP contribution in [0.3, 0.4) is 0 Å². The molecule has 152 valence electrons. The molecule has 0 heterocycles. The second-order valence-corrected chi connectivity index (χ2v) is 7.55. The minimum atomic E-state index is -0.423. The number of nitrogens with zero attached hydrogens (tertiary/aromatic N) is 1. The lowest BCUT2D eigenvalue weighted by Gasteiger charge is -2.21. The van der Waals surface area contributed by atoms with Crippen molar-refractivity contribution < 1.29 is 9.53 Å². The van der Waals surface area contributed by atoms with Crippen molar-refractivity contribution in [1.82, 2.24) is 5.32 Å². The molecule has 1 N–H and O–H groups in total. The first kappa shape index (κ1) is 21.3. The van der Waals surface area contributed by atoms with Gasteiger partial charge in [-0.15, -0.1) is 0 Å². The summed E-state index contributed by atoms with van der Waals surface area (Å²) >= 11 is 0. The van der Waals surface area contributed by atoms with E-state index in [1.807, 2.05) is 92.7 Å². The van der Waals surface area contributed by atoms with Gasteiger partial charge in [0.15, 0.2) is 0 Å². The van der Waals surface area contributed by atoms with E-state index in [9.17, 15) is 10.1 Å². The minimum absolute atomic E-state index is 0.0762. The zero-order valence-electron chi connectivity index (χ0n) is 17.3. The Balaban J connectivity index is 1.66. The van der Waals surface area contributed by atoms with Crippen molar-refractivity contribution in [1.29, 1.82) is 5.26 Å². The molecule has 0 bridgehead atoms. The van der Waals surface area contributed by atoms with Crippen molar-refractivity contribution in [3.63, 3.8) is 0 Å². The molecule has 0 aliphatic heterocycles. The van der Waals surface area contributed by atoms with Crippen LogP contribution in [0.25, 0.3) is 11.1 Å². The molecule has 3 rings (SSSR count). The third-order valence-electron chi connectivity index (χ3n) is 4.96. The van der Waals surface area contributed by atoms with E-state index in [1.54, 1.807) is 0 Å². The van der Waals surface area contributed by atoms with Crippen molar-refractivity contribution in [2.45, 2.75) is 33.0 Å². The van der Waals surface area contributed by atoms with Gasteiger partial charge in [-0.2, -0.15) is 5.26 Å². The van der Waals surface area contributed by atoms with Gasteiger partial charge in [0.05, 0.1) is 11.6 Å². The molecule has 0 radical (unpaired) electrons. The Labute approximate surface area is 178 Å². The Morgan fingerprint density at radius 3 is 2.27 bits per heavy atom. The first-order valence-electron chi connectivity index (χ1n) is 10.1. The van der Waals surface area contributed by atoms with Gasteiger partial charge in [0.1, 0.15) is 12.6 Å². The number of hydrogen-bond donors (Lipinski definition) is 1. The number of esters is 1. The third kappa shape index (κ3) is 5.56. The molecule has 0 saturated carbocycles. The summed E-state index contributed by atoms with van der Waals surface area (Å²) in [4.78, 5) is 12.6. The number of ether oxygens (including phenoxy) is 1. The molecule has 4 nitrogen and oxygen atoms in total. The molecular formula is C26H26N2O2. The van der Waals surface area contributed by atoms with Gasteiger partial charge in [0.25, 0.3) is 0 Å². The lowest BCUT2D eigenvalue weighted by Crippen LogP contribution is -2.41. The Morgan fingerprint density at radius 2 is 1.63 bits per heavy atom. The molecule has 4 heteroatoms. The summed E-state index contributed by atoms with van der Waals surface area (Å²) in [6.07, 6.45) is 0. The summed E-state index contributed by atoms with van der Waals surface area (Å²) < 4.78 is 5.51. The van der Waals surface area contributed by atoms with E-state index in [4.69, 9.17) is 4.74 Å². The van der Waals surface area contributed by atoms with Crippen LogP contribution in [-0.2, 0) is 22.7 Å². The second kappa shape index (κ2) is 10.4. The summed E-state index contributed by atoms with van der Waals surface area (Å²) in [5.41, 5.74) is 4.45. The van der Waals surface area contributed by atoms with Gasteiger partial charge in [-0.3, -0.25) is 4.79 Å². The predicted molar refractivity (Wildman–Crippen MR) is 118 cm³/mol. The van der Waals surface area contributed by atoms with Crippen LogP contribution >= 0.6 is 0 Å². The van der Waals surface area contributed by atoms with Gasteiger partial charge in [-0.1, -0.05) is 86.6 Å². The fourth-order valence-corrected chi connectivity index (χ4v) is 3.30. The maximum Gasteiger partial charge on any atom is 0.323 e. The fraction of sp³-hybridized carbons (Fsp3) is 0.231. The lowest BCUT2D eigenvalue weighted by molar-refractivity contribution is -0.148. The van der Waals surface area contributed by atoms with E-state index in [2.05, 4.69) is 11.4 Å². The van der Waals surface area contributed by atoms with Crippen LogP contribution < -0.4 is 5.32 Å². The highest BCUT2D eigenvalue weighted by Gasteiger charge is 2.23. The van der Waals surface area contributed by atoms with Gasteiger partial charge in [0, 0.05) is 6.54 Å². The Bertz CT molecular complexity index is 1010. The number of hydrogen-bond acceptors (Lipinski definition) is 4. The zero-order chi connectivity index (χ0) is 21.3. The van der Waals surface area contributed by atoms with Crippen molar-refractivity contribution >= 4 is 5.97 Å². The highest BCUT2D eigenvalue weighted by atomic mass is 16.5. The summed E-state index contributed by atoms with van der Waals surface area (Å²) in [7, 11) is 0. The summed E-state index contributed by atoms with van der Waals surface area (Å²) in [6.45, 7) is 4.71. The van der Waals surface area contributed by atoms with Gasteiger partial charge in [-0.05, 0) is 34.2 Å². The number of carbonyl (C=O) groups is 1. The summed E-state index contributed by atoms with van der Waals surface area (Å²) in [5.74, 6) is -0.192. The number of carbonyl (C=O) groups excluding carboxylic acids is 1. The topological polar surface area (TPSA) is 62.1 Å². The Hall–Kier alpha value is -3.42. The fourth-order valence-electron chi connectivity index (χ4n) is 3.30. The van der Waals surface area contributed by atoms with Crippen molar-refractivity contribution in [2.75, 3.05) is 0 Å². The van der Waals surface area contributed by atoms with E-state index in [1.165, 1.54) is 0 Å². The molecule has 30 heavy (non-hydrogen) atoms. The molecule has 3 aromatic carbocycles. The van der Waals surface area contributed by atoms with E-state index < -0.39 is 6.04 Å². The number of nitrogens with one attached hydrogen (secondary N) is 1. The van der Waals surface area contributed by atoms with Crippen LogP contribution in [-0.4, -0.2) is 12.0 Å². The van der Waals surface area contributed by atoms with Crippen LogP contribution in [0, 0.1) is 17.2 Å². The summed E-state index contributed by atoms with van der Waals surface area (Å²) in [6, 6.07) is 27.2. The second-order valence-electron chi connectivity index (χ2n) is 7.55. The SMILES string of the molecule is CC(C)[C@H](NCc1ccc(-c2ccccc2)c(C#N)c1)C(=O)OCc1ccccc1. The molecule has 1 atom stereocenters. The van der Waals surface area contributed by atoms with E-state index in [-0.39, 0.29) is 18.5 Å². The number of nitriles is 1. The molecule has 0 aliphatic carbocycles. The van der Waals surface area contributed by atoms with Crippen molar-refractivity contribution in [3.05, 3.63) is 95.6 Å². The van der Waals surface area contributed by atoms with Crippen molar-refractivity contribution in [3.8, 4) is 17.2 Å². The third-order valence-corrected chi connectivity index (χ3v) is 4.96. The first-order valence-corrected chi connectivity index (χ1v) is 10.1. The van der Waals surface area contributed by atoms with Crippen molar-refractivity contribution in [2.24, 2.45) is 5.92 Å². The van der Waals surface area contributed by atoms with Crippen LogP contribution in [0.15, 0.2) is 78.9 Å². The van der Waals surface area contributed by atoms with Crippen LogP contribution in [0.1, 0.15) is 30.5 Å². The molecule has 0 fully saturated rings. The molecule has 0 spiro atoms. The van der Waals surface area contributed by atoms with Gasteiger partial charge in [0.2, 0.25) is 0 Å². The number of rotatable bonds is 8. The van der Waals surface area contributed by atoms with Gasteiger partial charge < -0.3 is 10.1 Å². The van der Waals surface area contributed by atoms with Gasteiger partial charge >= 0.3 is 5.97 Å². The Kier molecular flexibility index (Phi) is 7.37. The molecule has 0 aliphatic rings. The predicted octanol–water partition coefficient (Wildman–Crippen LogP) is 5.08. The highest BCUT2D eigenvalue weighted by molar-refractivity contribution is 5.76. The van der Waals surface area contributed by atoms with E-state index >= 15 is 0 Å². The van der Waals surface area contributed by atoms with Crippen LogP contribution in [0.5, 0.6) is 0 Å². The maximum absolute atomic E-state index is 12.6. The van der Waals surface area contributed by atoms with Gasteiger partial charge in [-0.25, -0.2) is 0 Å². The molecule has 0 unspecified atom stereocenters. The molecule has 0 saturated heterocycles. The van der Waals surface area contributed by atoms with Crippen LogP contribution in [0.2, 0.25) is 0 Å². The average Bonchev–Trinajstić information content (AvgIpc) is 2.78. The smallest absolute Gasteiger partial charge is 0.323 e. The largest absolute Gasteiger partial charge is 0.460 e. The number of benzene rings is 3. The maximum atomic E-state index is 12.6. The average molecular weight is 399 g/mol. The Morgan fingerprint density at radius 1 is 0.967 bits per heavy atom. The van der Waals surface area contributed by atoms with E-state index in [0.29, 0.717) is 12.1 Å². The standard InChI is InChI=1S/C26H26N2O2/c1-19(2)25(26(29)30-18-20-9-5-3-6-10-20)28-17-21-13-14-24(23(15-21)16-27)22-11-7-4-8-12-22/h3-15,19,25,28H,17-18H2,1-2H3/t25-/m0/s1. The lowest BCUT2D eigenvalue weighted by atomic mass is 9.98. The monoisotopic (exact) mass is 398 g/mol. The normalized spacial score (nSPS) is 11.7. The molecule has 0 aromatic heterocycles. The molecule has 3 aromatic rings. The molecule has 0 amide bonds. The zero-order valence-corrected chi connectivity index (χ0v) is 17.3. The minimum Gasteiger partial charge on any atom is -0.460 e. The van der Waals surface area contributed by atoms with E-state index in [0.717, 1.165) is 22.3 Å². The first-order chi connectivity index (χ1) is 14.6.